The molecule has 0 N–H and O–H groups in total. The summed E-state index contributed by atoms with van der Waals surface area (Å²) in [5.41, 5.74) is 1.44. The normalized spacial score (nSPS) is 14.2. The van der Waals surface area contributed by atoms with Crippen LogP contribution in [0.3, 0.4) is 0 Å². The van der Waals surface area contributed by atoms with Crippen LogP contribution in [0.2, 0.25) is 0 Å². The Balaban J connectivity index is 2.39. The van der Waals surface area contributed by atoms with Crippen molar-refractivity contribution < 1.29 is 0 Å². The molecular weight excluding hydrogens is 218 g/mol. The minimum Gasteiger partial charge on any atom is -0.289 e. The van der Waals surface area contributed by atoms with Gasteiger partial charge in [-0.15, -0.1) is 0 Å². The Kier molecular flexibility index (Phi) is 3.51. The lowest BCUT2D eigenvalue weighted by Gasteiger charge is -2.14. The van der Waals surface area contributed by atoms with E-state index in [4.69, 9.17) is 4.99 Å². The Morgan fingerprint density at radius 1 is 1.00 bits per heavy atom. The zero-order valence-corrected chi connectivity index (χ0v) is 11.6. The second kappa shape index (κ2) is 4.93. The molecule has 0 aliphatic carbocycles. The predicted molar refractivity (Wildman–Crippen MR) is 80.3 cm³/mol. The van der Waals surface area contributed by atoms with E-state index in [9.17, 15) is 0 Å². The van der Waals surface area contributed by atoms with Gasteiger partial charge in [0.15, 0.2) is 0 Å². The zero-order valence-electron chi connectivity index (χ0n) is 11.6. The van der Waals surface area contributed by atoms with Crippen LogP contribution in [0.1, 0.15) is 39.3 Å². The number of benzene rings is 2. The SMILES string of the molecule is CC(/N=C/C(C)(C)C)c1cccc2ccccc12. The number of aliphatic imine (C=N–C) groups is 1. The fourth-order valence-corrected chi connectivity index (χ4v) is 2.03. The average molecular weight is 239 g/mol. The molecule has 0 heterocycles. The van der Waals surface area contributed by atoms with Crippen molar-refractivity contribution in [2.24, 2.45) is 10.4 Å². The summed E-state index contributed by atoms with van der Waals surface area (Å²) in [6, 6.07) is 15.1. The van der Waals surface area contributed by atoms with Crippen LogP contribution in [0.25, 0.3) is 10.8 Å². The van der Waals surface area contributed by atoms with E-state index in [1.807, 2.05) is 0 Å². The molecule has 0 amide bonds. The summed E-state index contributed by atoms with van der Waals surface area (Å²) in [7, 11) is 0. The van der Waals surface area contributed by atoms with Gasteiger partial charge in [-0.2, -0.15) is 0 Å². The first-order valence-electron chi connectivity index (χ1n) is 6.49. The van der Waals surface area contributed by atoms with Gasteiger partial charge in [-0.3, -0.25) is 4.99 Å². The fourth-order valence-electron chi connectivity index (χ4n) is 2.03. The highest BCUT2D eigenvalue weighted by molar-refractivity contribution is 5.86. The summed E-state index contributed by atoms with van der Waals surface area (Å²) in [6.45, 7) is 8.68. The van der Waals surface area contributed by atoms with Gasteiger partial charge in [0, 0.05) is 6.21 Å². The topological polar surface area (TPSA) is 12.4 Å². The minimum absolute atomic E-state index is 0.138. The van der Waals surface area contributed by atoms with E-state index < -0.39 is 0 Å². The van der Waals surface area contributed by atoms with Gasteiger partial charge in [0.05, 0.1) is 6.04 Å². The largest absolute Gasteiger partial charge is 0.289 e. The Morgan fingerprint density at radius 3 is 2.39 bits per heavy atom. The number of fused-ring (bicyclic) bond motifs is 1. The summed E-state index contributed by atoms with van der Waals surface area (Å²) >= 11 is 0. The van der Waals surface area contributed by atoms with Crippen LogP contribution in [0, 0.1) is 5.41 Å². The van der Waals surface area contributed by atoms with Gasteiger partial charge in [-0.05, 0) is 28.7 Å². The quantitative estimate of drug-likeness (QED) is 0.653. The van der Waals surface area contributed by atoms with Crippen LogP contribution in [0.5, 0.6) is 0 Å². The number of hydrogen-bond acceptors (Lipinski definition) is 1. The lowest BCUT2D eigenvalue weighted by Crippen LogP contribution is -2.07. The molecular formula is C17H21N. The van der Waals surface area contributed by atoms with E-state index in [2.05, 4.69) is 76.4 Å². The monoisotopic (exact) mass is 239 g/mol. The second-order valence-corrected chi connectivity index (χ2v) is 5.89. The first-order chi connectivity index (χ1) is 8.47. The van der Waals surface area contributed by atoms with Gasteiger partial charge in [0.2, 0.25) is 0 Å². The van der Waals surface area contributed by atoms with Crippen molar-refractivity contribution in [2.45, 2.75) is 33.7 Å². The van der Waals surface area contributed by atoms with Crippen molar-refractivity contribution in [2.75, 3.05) is 0 Å². The molecule has 0 saturated carbocycles. The van der Waals surface area contributed by atoms with Crippen molar-refractivity contribution in [1.82, 2.24) is 0 Å². The van der Waals surface area contributed by atoms with E-state index in [0.29, 0.717) is 0 Å². The van der Waals surface area contributed by atoms with Crippen molar-refractivity contribution >= 4 is 17.0 Å². The van der Waals surface area contributed by atoms with E-state index >= 15 is 0 Å². The van der Waals surface area contributed by atoms with Crippen LogP contribution in [0.15, 0.2) is 47.5 Å². The van der Waals surface area contributed by atoms with Crippen molar-refractivity contribution in [3.05, 3.63) is 48.0 Å². The maximum atomic E-state index is 4.69. The van der Waals surface area contributed by atoms with Gasteiger partial charge in [0.25, 0.3) is 0 Å². The van der Waals surface area contributed by atoms with Gasteiger partial charge in [-0.1, -0.05) is 63.2 Å². The summed E-state index contributed by atoms with van der Waals surface area (Å²) in [5.74, 6) is 0. The summed E-state index contributed by atoms with van der Waals surface area (Å²) in [4.78, 5) is 4.69. The molecule has 18 heavy (non-hydrogen) atoms. The molecule has 0 bridgehead atoms. The highest BCUT2D eigenvalue weighted by Gasteiger charge is 2.10. The Hall–Kier alpha value is -1.63. The third kappa shape index (κ3) is 2.98. The van der Waals surface area contributed by atoms with Crippen LogP contribution >= 0.6 is 0 Å². The lowest BCUT2D eigenvalue weighted by molar-refractivity contribution is 0.599. The number of rotatable bonds is 2. The summed E-state index contributed by atoms with van der Waals surface area (Å²) in [5, 5.41) is 2.59. The number of nitrogens with zero attached hydrogens (tertiary/aromatic N) is 1. The predicted octanol–water partition coefficient (Wildman–Crippen LogP) is 5.02. The summed E-state index contributed by atoms with van der Waals surface area (Å²) in [6.07, 6.45) is 2.06. The van der Waals surface area contributed by atoms with Gasteiger partial charge >= 0.3 is 0 Å². The molecule has 0 spiro atoms. The van der Waals surface area contributed by atoms with Gasteiger partial charge in [0.1, 0.15) is 0 Å². The zero-order chi connectivity index (χ0) is 13.2. The standard InChI is InChI=1S/C17H21N/c1-13(18-12-17(2,3)4)15-11-7-9-14-8-5-6-10-16(14)15/h5-13H,1-4H3/b18-12+. The van der Waals surface area contributed by atoms with Crippen LogP contribution in [-0.4, -0.2) is 6.21 Å². The second-order valence-electron chi connectivity index (χ2n) is 5.89. The highest BCUT2D eigenvalue weighted by Crippen LogP contribution is 2.26. The number of hydrogen-bond donors (Lipinski definition) is 0. The van der Waals surface area contributed by atoms with Crippen LogP contribution < -0.4 is 0 Å². The molecule has 1 heteroatoms. The summed E-state index contributed by atoms with van der Waals surface area (Å²) < 4.78 is 0. The van der Waals surface area contributed by atoms with Crippen LogP contribution in [0.4, 0.5) is 0 Å². The molecule has 1 atom stereocenters. The van der Waals surface area contributed by atoms with Crippen molar-refractivity contribution in [3.63, 3.8) is 0 Å². The van der Waals surface area contributed by atoms with Crippen LogP contribution in [-0.2, 0) is 0 Å². The lowest BCUT2D eigenvalue weighted by atomic mass is 9.97. The molecule has 2 aromatic carbocycles. The molecule has 0 aromatic heterocycles. The molecule has 0 aliphatic rings. The molecule has 2 rings (SSSR count). The average Bonchev–Trinajstić information content (AvgIpc) is 2.34. The Morgan fingerprint density at radius 2 is 1.67 bits per heavy atom. The van der Waals surface area contributed by atoms with E-state index in [0.717, 1.165) is 0 Å². The third-order valence-corrected chi connectivity index (χ3v) is 2.96. The van der Waals surface area contributed by atoms with E-state index in [1.54, 1.807) is 0 Å². The minimum atomic E-state index is 0.138. The van der Waals surface area contributed by atoms with E-state index in [-0.39, 0.29) is 11.5 Å². The molecule has 0 aliphatic heterocycles. The highest BCUT2D eigenvalue weighted by atomic mass is 14.8. The van der Waals surface area contributed by atoms with E-state index in [1.165, 1.54) is 16.3 Å². The van der Waals surface area contributed by atoms with Gasteiger partial charge in [-0.25, -0.2) is 0 Å². The molecule has 1 nitrogen and oxygen atoms in total. The maximum Gasteiger partial charge on any atom is 0.0723 e. The molecule has 0 saturated heterocycles. The Bertz CT molecular complexity index is 556. The molecule has 2 aromatic rings. The third-order valence-electron chi connectivity index (χ3n) is 2.96. The molecule has 0 fully saturated rings. The van der Waals surface area contributed by atoms with Crippen molar-refractivity contribution in [1.29, 1.82) is 0 Å². The first-order valence-corrected chi connectivity index (χ1v) is 6.49. The maximum absolute atomic E-state index is 4.69. The fraction of sp³-hybridized carbons (Fsp3) is 0.353. The molecule has 0 radical (unpaired) electrons. The Labute approximate surface area is 110 Å². The smallest absolute Gasteiger partial charge is 0.0723 e. The first kappa shape index (κ1) is 12.8. The molecule has 1 unspecified atom stereocenters. The van der Waals surface area contributed by atoms with Gasteiger partial charge < -0.3 is 0 Å². The molecule has 94 valence electrons. The van der Waals surface area contributed by atoms with Crippen molar-refractivity contribution in [3.8, 4) is 0 Å².